The average molecular weight is 550 g/mol. The van der Waals surface area contributed by atoms with Crippen molar-refractivity contribution in [3.05, 3.63) is 39.7 Å². The number of fused-ring (bicyclic) bond motifs is 1. The Balaban J connectivity index is 1.41. The van der Waals surface area contributed by atoms with Crippen LogP contribution in [0.1, 0.15) is 74.0 Å². The summed E-state index contributed by atoms with van der Waals surface area (Å²) in [6.45, 7) is 12.6. The van der Waals surface area contributed by atoms with Gasteiger partial charge in [-0.2, -0.15) is 10.4 Å². The van der Waals surface area contributed by atoms with Crippen LogP contribution in [0.4, 0.5) is 4.79 Å². The van der Waals surface area contributed by atoms with E-state index in [9.17, 15) is 10.1 Å². The molecular formula is C26H31N9O3S. The van der Waals surface area contributed by atoms with E-state index in [1.54, 1.807) is 9.42 Å². The summed E-state index contributed by atoms with van der Waals surface area (Å²) in [4.78, 5) is 14.2. The van der Waals surface area contributed by atoms with Gasteiger partial charge < -0.3 is 14.4 Å². The molecule has 4 aromatic rings. The molecule has 1 aliphatic heterocycles. The minimum absolute atomic E-state index is 0.111. The normalized spacial score (nSPS) is 15.4. The molecule has 13 heteroatoms. The minimum Gasteiger partial charge on any atom is -0.481 e. The first-order valence-electron chi connectivity index (χ1n) is 12.8. The van der Waals surface area contributed by atoms with Crippen molar-refractivity contribution in [2.75, 3.05) is 13.1 Å². The summed E-state index contributed by atoms with van der Waals surface area (Å²) in [5.74, 6) is 0.501. The van der Waals surface area contributed by atoms with E-state index in [1.807, 2.05) is 58.5 Å². The van der Waals surface area contributed by atoms with Gasteiger partial charge in [-0.05, 0) is 60.5 Å². The van der Waals surface area contributed by atoms with Crippen molar-refractivity contribution in [2.24, 2.45) is 0 Å². The summed E-state index contributed by atoms with van der Waals surface area (Å²) >= 11 is 1.47. The Labute approximate surface area is 230 Å². The Hall–Kier alpha value is -4.05. The fourth-order valence-electron chi connectivity index (χ4n) is 4.68. The number of carbonyl (C=O) groups is 1. The second-order valence-electron chi connectivity index (χ2n) is 10.6. The van der Waals surface area contributed by atoms with Crippen molar-refractivity contribution in [2.45, 2.75) is 72.1 Å². The third-order valence-electron chi connectivity index (χ3n) is 6.55. The lowest BCUT2D eigenvalue weighted by molar-refractivity contribution is 0.0184. The average Bonchev–Trinajstić information content (AvgIpc) is 3.61. The zero-order valence-electron chi connectivity index (χ0n) is 22.9. The number of carbonyl (C=O) groups excluding carboxylic acids is 1. The van der Waals surface area contributed by atoms with E-state index >= 15 is 0 Å². The van der Waals surface area contributed by atoms with E-state index < -0.39 is 5.60 Å². The monoisotopic (exact) mass is 549 g/mol. The molecule has 0 bridgehead atoms. The van der Waals surface area contributed by atoms with Crippen LogP contribution in [0.25, 0.3) is 16.8 Å². The topological polar surface area (TPSA) is 136 Å². The molecule has 39 heavy (non-hydrogen) atoms. The van der Waals surface area contributed by atoms with Crippen LogP contribution >= 0.6 is 11.3 Å². The largest absolute Gasteiger partial charge is 0.481 e. The van der Waals surface area contributed by atoms with Gasteiger partial charge in [0.2, 0.25) is 0 Å². The quantitative estimate of drug-likeness (QED) is 0.348. The number of aromatic nitrogens is 7. The molecule has 0 spiro atoms. The van der Waals surface area contributed by atoms with Crippen LogP contribution < -0.4 is 4.74 Å². The fraction of sp³-hybridized carbons (Fsp3) is 0.500. The highest BCUT2D eigenvalue weighted by atomic mass is 32.1. The highest BCUT2D eigenvalue weighted by molar-refractivity contribution is 7.11. The smallest absolute Gasteiger partial charge is 0.410 e. The van der Waals surface area contributed by atoms with Gasteiger partial charge in [0.1, 0.15) is 45.3 Å². The Morgan fingerprint density at radius 2 is 1.95 bits per heavy atom. The van der Waals surface area contributed by atoms with Gasteiger partial charge in [0.25, 0.3) is 0 Å². The third-order valence-corrected chi connectivity index (χ3v) is 7.55. The minimum atomic E-state index is -0.522. The third kappa shape index (κ3) is 5.42. The van der Waals surface area contributed by atoms with E-state index in [0.29, 0.717) is 35.6 Å². The molecule has 0 saturated carbocycles. The molecule has 0 radical (unpaired) electrons. The van der Waals surface area contributed by atoms with Gasteiger partial charge in [-0.1, -0.05) is 16.6 Å². The summed E-state index contributed by atoms with van der Waals surface area (Å²) in [7, 11) is 0. The van der Waals surface area contributed by atoms with Crippen molar-refractivity contribution >= 4 is 22.9 Å². The molecule has 1 amide bonds. The summed E-state index contributed by atoms with van der Waals surface area (Å²) in [5.41, 5.74) is 2.83. The van der Waals surface area contributed by atoms with Crippen molar-refractivity contribution in [3.8, 4) is 23.1 Å². The molecule has 1 aliphatic rings. The molecule has 0 aromatic carbocycles. The number of nitriles is 1. The number of ether oxygens (including phenoxy) is 2. The number of rotatable bonds is 5. The zero-order valence-corrected chi connectivity index (χ0v) is 23.7. The first kappa shape index (κ1) is 26.6. The predicted octanol–water partition coefficient (Wildman–Crippen LogP) is 4.64. The maximum Gasteiger partial charge on any atom is 0.410 e. The van der Waals surface area contributed by atoms with E-state index in [2.05, 4.69) is 31.7 Å². The lowest BCUT2D eigenvalue weighted by Gasteiger charge is -2.33. The number of hydrogen-bond acceptors (Lipinski definition) is 10. The number of aryl methyl sites for hydroxylation is 1. The SMILES string of the molecule is Cc1nnc(C(C)Oc2cc(-c3nnn(C4CCN(C(=O)OC(C)(C)C)CC4)c3C)cn3ncc(C#N)c23)s1. The van der Waals surface area contributed by atoms with E-state index in [0.717, 1.165) is 34.1 Å². The first-order valence-corrected chi connectivity index (χ1v) is 13.6. The maximum absolute atomic E-state index is 12.5. The van der Waals surface area contributed by atoms with Crippen LogP contribution in [0.2, 0.25) is 0 Å². The molecule has 1 fully saturated rings. The van der Waals surface area contributed by atoms with Crippen LogP contribution in [-0.2, 0) is 4.74 Å². The maximum atomic E-state index is 12.5. The van der Waals surface area contributed by atoms with Gasteiger partial charge in [0.05, 0.1) is 17.9 Å². The number of nitrogens with zero attached hydrogens (tertiary/aromatic N) is 9. The molecule has 204 valence electrons. The van der Waals surface area contributed by atoms with Gasteiger partial charge in [-0.3, -0.25) is 0 Å². The van der Waals surface area contributed by atoms with Gasteiger partial charge in [0, 0.05) is 24.8 Å². The Bertz CT molecular complexity index is 1550. The fourth-order valence-corrected chi connectivity index (χ4v) is 5.36. The Morgan fingerprint density at radius 1 is 1.21 bits per heavy atom. The molecule has 5 heterocycles. The number of pyridine rings is 1. The van der Waals surface area contributed by atoms with Crippen LogP contribution in [0, 0.1) is 25.2 Å². The second kappa shape index (κ2) is 10.3. The molecule has 4 aromatic heterocycles. The molecule has 1 saturated heterocycles. The second-order valence-corrected chi connectivity index (χ2v) is 11.9. The van der Waals surface area contributed by atoms with E-state index in [4.69, 9.17) is 9.47 Å². The van der Waals surface area contributed by atoms with Gasteiger partial charge in [-0.25, -0.2) is 14.0 Å². The zero-order chi connectivity index (χ0) is 27.9. The lowest BCUT2D eigenvalue weighted by Crippen LogP contribution is -2.42. The Kier molecular flexibility index (Phi) is 6.98. The number of hydrogen-bond donors (Lipinski definition) is 0. The van der Waals surface area contributed by atoms with Crippen LogP contribution in [-0.4, -0.2) is 64.5 Å². The summed E-state index contributed by atoms with van der Waals surface area (Å²) in [6.07, 6.45) is 4.19. The predicted molar refractivity (Wildman–Crippen MR) is 143 cm³/mol. The number of amides is 1. The number of piperidine rings is 1. The first-order chi connectivity index (χ1) is 18.5. The van der Waals surface area contributed by atoms with Crippen molar-refractivity contribution in [3.63, 3.8) is 0 Å². The molecular weight excluding hydrogens is 518 g/mol. The molecule has 1 unspecified atom stereocenters. The van der Waals surface area contributed by atoms with E-state index in [1.165, 1.54) is 17.5 Å². The standard InChI is InChI=1S/C26H31N9O3S/c1-15-22(30-32-35(15)20-7-9-33(10-8-20)25(36)38-26(4,5)6)18-11-21(23-19(12-27)13-28-34(23)14-18)37-16(2)24-31-29-17(3)39-24/h11,13-14,16,20H,7-10H2,1-6H3. The summed E-state index contributed by atoms with van der Waals surface area (Å²) in [5, 5.41) is 32.9. The van der Waals surface area contributed by atoms with Crippen molar-refractivity contribution in [1.29, 1.82) is 5.26 Å². The molecule has 5 rings (SSSR count). The van der Waals surface area contributed by atoms with Gasteiger partial charge in [0.15, 0.2) is 5.01 Å². The van der Waals surface area contributed by atoms with Crippen LogP contribution in [0.15, 0.2) is 18.5 Å². The Morgan fingerprint density at radius 3 is 2.59 bits per heavy atom. The summed E-state index contributed by atoms with van der Waals surface area (Å²) < 4.78 is 15.4. The molecule has 1 atom stereocenters. The summed E-state index contributed by atoms with van der Waals surface area (Å²) in [6, 6.07) is 4.17. The van der Waals surface area contributed by atoms with Crippen LogP contribution in [0.3, 0.4) is 0 Å². The van der Waals surface area contributed by atoms with Crippen molar-refractivity contribution in [1.82, 2.24) is 39.7 Å². The molecule has 0 aliphatic carbocycles. The van der Waals surface area contributed by atoms with E-state index in [-0.39, 0.29) is 18.2 Å². The van der Waals surface area contributed by atoms with Gasteiger partial charge in [-0.15, -0.1) is 15.3 Å². The van der Waals surface area contributed by atoms with Crippen LogP contribution in [0.5, 0.6) is 5.75 Å². The van der Waals surface area contributed by atoms with Gasteiger partial charge >= 0.3 is 6.09 Å². The number of likely N-dealkylation sites (tertiary alicyclic amines) is 1. The highest BCUT2D eigenvalue weighted by Crippen LogP contribution is 2.35. The molecule has 12 nitrogen and oxygen atoms in total. The lowest BCUT2D eigenvalue weighted by atomic mass is 10.0. The highest BCUT2D eigenvalue weighted by Gasteiger charge is 2.29. The van der Waals surface area contributed by atoms with Crippen molar-refractivity contribution < 1.29 is 14.3 Å². The molecule has 0 N–H and O–H groups in total.